The molecule has 4 nitrogen and oxygen atoms in total. The van der Waals surface area contributed by atoms with Crippen LogP contribution in [0.1, 0.15) is 58.4 Å². The molecule has 0 bridgehead atoms. The quantitative estimate of drug-likeness (QED) is 0.784. The van der Waals surface area contributed by atoms with Crippen molar-refractivity contribution in [2.24, 2.45) is 11.3 Å². The summed E-state index contributed by atoms with van der Waals surface area (Å²) in [6.07, 6.45) is 7.05. The monoisotopic (exact) mass is 357 g/mol. The molecule has 26 heavy (non-hydrogen) atoms. The summed E-state index contributed by atoms with van der Waals surface area (Å²) in [5.41, 5.74) is 2.79. The zero-order chi connectivity index (χ0) is 18.7. The maximum absolute atomic E-state index is 11.0. The second-order valence-electron chi connectivity index (χ2n) is 8.69. The molecule has 1 saturated carbocycles. The summed E-state index contributed by atoms with van der Waals surface area (Å²) >= 11 is 0. The Bertz CT molecular complexity index is 649. The molecule has 0 saturated heterocycles. The molecule has 1 amide bonds. The van der Waals surface area contributed by atoms with Gasteiger partial charge in [0.2, 0.25) is 0 Å². The summed E-state index contributed by atoms with van der Waals surface area (Å²) in [4.78, 5) is 12.4. The summed E-state index contributed by atoms with van der Waals surface area (Å²) in [5.74, 6) is 1.74. The number of benzene rings is 1. The van der Waals surface area contributed by atoms with Gasteiger partial charge in [0, 0.05) is 13.1 Å². The number of hydrogen-bond acceptors (Lipinski definition) is 2. The Kier molecular flexibility index (Phi) is 5.59. The first kappa shape index (κ1) is 18.8. The van der Waals surface area contributed by atoms with E-state index in [4.69, 9.17) is 9.84 Å². The maximum atomic E-state index is 11.0. The van der Waals surface area contributed by atoms with Gasteiger partial charge >= 0.3 is 6.09 Å². The molecule has 1 heterocycles. The fourth-order valence-corrected chi connectivity index (χ4v) is 4.09. The van der Waals surface area contributed by atoms with Gasteiger partial charge in [-0.3, -0.25) is 0 Å². The Hall–Kier alpha value is -1.97. The van der Waals surface area contributed by atoms with Crippen molar-refractivity contribution in [3.8, 4) is 5.75 Å². The van der Waals surface area contributed by atoms with Gasteiger partial charge in [-0.05, 0) is 66.7 Å². The Morgan fingerprint density at radius 1 is 1.12 bits per heavy atom. The van der Waals surface area contributed by atoms with Crippen LogP contribution in [0.5, 0.6) is 5.75 Å². The zero-order valence-corrected chi connectivity index (χ0v) is 16.2. The zero-order valence-electron chi connectivity index (χ0n) is 16.2. The Morgan fingerprint density at radius 2 is 1.77 bits per heavy atom. The van der Waals surface area contributed by atoms with Gasteiger partial charge in [-0.15, -0.1) is 0 Å². The lowest BCUT2D eigenvalue weighted by atomic mass is 9.72. The molecule has 0 atom stereocenters. The highest BCUT2D eigenvalue weighted by Crippen LogP contribution is 2.38. The van der Waals surface area contributed by atoms with Crippen molar-refractivity contribution in [2.45, 2.75) is 59.0 Å². The van der Waals surface area contributed by atoms with Crippen LogP contribution in [-0.2, 0) is 0 Å². The highest BCUT2D eigenvalue weighted by Gasteiger charge is 2.30. The minimum Gasteiger partial charge on any atom is -0.490 e. The van der Waals surface area contributed by atoms with Crippen LogP contribution in [0.2, 0.25) is 0 Å². The molecule has 0 radical (unpaired) electrons. The first-order valence-corrected chi connectivity index (χ1v) is 9.77. The summed E-state index contributed by atoms with van der Waals surface area (Å²) in [7, 11) is 0. The summed E-state index contributed by atoms with van der Waals surface area (Å²) in [5, 5.41) is 9.03. The van der Waals surface area contributed by atoms with E-state index in [-0.39, 0.29) is 0 Å². The van der Waals surface area contributed by atoms with E-state index in [0.717, 1.165) is 30.9 Å². The lowest BCUT2D eigenvalue weighted by Crippen LogP contribution is -2.33. The molecule has 2 aliphatic rings. The molecule has 0 aromatic heterocycles. The third kappa shape index (κ3) is 4.60. The van der Waals surface area contributed by atoms with Crippen molar-refractivity contribution in [1.82, 2.24) is 4.90 Å². The van der Waals surface area contributed by atoms with E-state index in [9.17, 15) is 4.79 Å². The normalized spacial score (nSPS) is 24.1. The number of ether oxygens (including phenoxy) is 1. The molecule has 4 heteroatoms. The van der Waals surface area contributed by atoms with E-state index in [1.165, 1.54) is 28.9 Å². The average Bonchev–Trinajstić information content (AvgIpc) is 2.62. The van der Waals surface area contributed by atoms with Crippen LogP contribution in [0.15, 0.2) is 30.3 Å². The summed E-state index contributed by atoms with van der Waals surface area (Å²) in [6.45, 7) is 8.06. The highest BCUT2D eigenvalue weighted by molar-refractivity contribution is 5.71. The lowest BCUT2D eigenvalue weighted by Gasteiger charge is -2.37. The molecule has 1 aliphatic carbocycles. The van der Waals surface area contributed by atoms with Crippen LogP contribution < -0.4 is 4.74 Å². The van der Waals surface area contributed by atoms with Gasteiger partial charge in [0.1, 0.15) is 5.75 Å². The molecule has 1 N–H and O–H groups in total. The Balaban J connectivity index is 1.54. The number of carboxylic acid groups (broad SMARTS) is 1. The second kappa shape index (κ2) is 7.73. The molecular formula is C22H31NO3. The van der Waals surface area contributed by atoms with Gasteiger partial charge in [0.05, 0.1) is 6.10 Å². The van der Waals surface area contributed by atoms with Gasteiger partial charge in [0.25, 0.3) is 0 Å². The van der Waals surface area contributed by atoms with Crippen LogP contribution in [0.25, 0.3) is 5.57 Å². The maximum Gasteiger partial charge on any atom is 0.407 e. The minimum absolute atomic E-state index is 0.331. The fraction of sp³-hybridized carbons (Fsp3) is 0.591. The molecule has 0 unspecified atom stereocenters. The topological polar surface area (TPSA) is 49.8 Å². The number of nitrogens with zero attached hydrogens (tertiary/aromatic N) is 1. The highest BCUT2D eigenvalue weighted by atomic mass is 16.5. The van der Waals surface area contributed by atoms with Crippen molar-refractivity contribution in [3.63, 3.8) is 0 Å². The minimum atomic E-state index is -0.842. The number of amides is 1. The van der Waals surface area contributed by atoms with Crippen molar-refractivity contribution < 1.29 is 14.6 Å². The predicted octanol–water partition coefficient (Wildman–Crippen LogP) is 5.44. The second-order valence-corrected chi connectivity index (χ2v) is 8.69. The number of hydrogen-bond donors (Lipinski definition) is 1. The smallest absolute Gasteiger partial charge is 0.407 e. The van der Waals surface area contributed by atoms with Gasteiger partial charge in [-0.25, -0.2) is 4.79 Å². The van der Waals surface area contributed by atoms with Gasteiger partial charge in [0.15, 0.2) is 0 Å². The van der Waals surface area contributed by atoms with Crippen molar-refractivity contribution in [2.75, 3.05) is 13.1 Å². The van der Waals surface area contributed by atoms with Crippen molar-refractivity contribution >= 4 is 11.7 Å². The van der Waals surface area contributed by atoms with Crippen LogP contribution in [0.3, 0.4) is 0 Å². The first-order valence-electron chi connectivity index (χ1n) is 9.77. The molecule has 1 aromatic carbocycles. The number of rotatable bonds is 3. The van der Waals surface area contributed by atoms with E-state index in [1.54, 1.807) is 0 Å². The summed E-state index contributed by atoms with van der Waals surface area (Å²) in [6, 6.07) is 8.29. The molecule has 0 spiro atoms. The van der Waals surface area contributed by atoms with Crippen molar-refractivity contribution in [1.29, 1.82) is 0 Å². The number of carbonyl (C=O) groups is 1. The fourth-order valence-electron chi connectivity index (χ4n) is 4.09. The molecule has 1 aromatic rings. The van der Waals surface area contributed by atoms with E-state index < -0.39 is 6.09 Å². The third-order valence-electron chi connectivity index (χ3n) is 5.91. The molecule has 3 rings (SSSR count). The van der Waals surface area contributed by atoms with E-state index in [2.05, 4.69) is 45.0 Å². The molecule has 142 valence electrons. The standard InChI is InChI=1S/C22H31NO3/c1-22(2,3)18-6-10-20(11-7-18)26-19-8-4-16(5-9-19)17-12-14-23(15-13-17)21(24)25/h4-5,8-9,12,18,20H,6-7,10-11,13-15H2,1-3H3,(H,24,25)/t18-,20-. The van der Waals surface area contributed by atoms with E-state index in [0.29, 0.717) is 24.6 Å². The Morgan fingerprint density at radius 3 is 2.27 bits per heavy atom. The van der Waals surface area contributed by atoms with Gasteiger partial charge in [-0.1, -0.05) is 39.0 Å². The van der Waals surface area contributed by atoms with E-state index >= 15 is 0 Å². The SMILES string of the molecule is CC(C)(C)[C@H]1CC[C@H](Oc2ccc(C3=CCN(C(=O)O)CC3)cc2)CC1. The predicted molar refractivity (Wildman–Crippen MR) is 104 cm³/mol. The molecule has 1 aliphatic heterocycles. The van der Waals surface area contributed by atoms with Crippen molar-refractivity contribution in [3.05, 3.63) is 35.9 Å². The van der Waals surface area contributed by atoms with Crippen LogP contribution in [-0.4, -0.2) is 35.3 Å². The third-order valence-corrected chi connectivity index (χ3v) is 5.91. The first-order chi connectivity index (χ1) is 12.3. The van der Waals surface area contributed by atoms with Crippen LogP contribution in [0, 0.1) is 11.3 Å². The molecule has 1 fully saturated rings. The Labute approximate surface area is 156 Å². The largest absolute Gasteiger partial charge is 0.490 e. The lowest BCUT2D eigenvalue weighted by molar-refractivity contribution is 0.0882. The van der Waals surface area contributed by atoms with Crippen LogP contribution >= 0.6 is 0 Å². The van der Waals surface area contributed by atoms with Gasteiger partial charge < -0.3 is 14.7 Å². The van der Waals surface area contributed by atoms with E-state index in [1.807, 2.05) is 6.08 Å². The van der Waals surface area contributed by atoms with Gasteiger partial charge in [-0.2, -0.15) is 0 Å². The van der Waals surface area contributed by atoms with Crippen LogP contribution in [0.4, 0.5) is 4.79 Å². The summed E-state index contributed by atoms with van der Waals surface area (Å²) < 4.78 is 6.20. The molecular weight excluding hydrogens is 326 g/mol. The average molecular weight is 357 g/mol.